The van der Waals surface area contributed by atoms with Crippen molar-refractivity contribution in [3.05, 3.63) is 33.9 Å². The van der Waals surface area contributed by atoms with Gasteiger partial charge in [-0.1, -0.05) is 0 Å². The van der Waals surface area contributed by atoms with Crippen LogP contribution in [0.2, 0.25) is 0 Å². The van der Waals surface area contributed by atoms with Crippen molar-refractivity contribution in [1.82, 2.24) is 10.0 Å². The van der Waals surface area contributed by atoms with Gasteiger partial charge < -0.3 is 5.32 Å². The van der Waals surface area contributed by atoms with Gasteiger partial charge in [-0.3, -0.25) is 10.1 Å². The number of piperidine rings is 1. The van der Waals surface area contributed by atoms with Crippen molar-refractivity contribution in [2.24, 2.45) is 0 Å². The first-order chi connectivity index (χ1) is 11.0. The Kier molecular flexibility index (Phi) is 6.79. The normalized spacial score (nSPS) is 21.4. The summed E-state index contributed by atoms with van der Waals surface area (Å²) in [5.74, 6) is 0. The van der Waals surface area contributed by atoms with Crippen LogP contribution in [0.3, 0.4) is 0 Å². The van der Waals surface area contributed by atoms with Gasteiger partial charge in [0.2, 0.25) is 10.0 Å². The fourth-order valence-corrected chi connectivity index (χ4v) is 4.11. The van der Waals surface area contributed by atoms with Crippen molar-refractivity contribution in [2.45, 2.75) is 42.9 Å². The Labute approximate surface area is 148 Å². The monoisotopic (exact) mass is 403 g/mol. The van der Waals surface area contributed by atoms with Crippen LogP contribution < -0.4 is 10.0 Å². The average Bonchev–Trinajstić information content (AvgIpc) is 2.48. The molecule has 0 amide bonds. The second-order valence-corrected chi connectivity index (χ2v) is 7.23. The molecule has 142 valence electrons. The molecule has 0 saturated carbocycles. The van der Waals surface area contributed by atoms with Gasteiger partial charge in [0, 0.05) is 24.2 Å². The molecular formula is C13H17ClF3N3O4S. The lowest BCUT2D eigenvalue weighted by Gasteiger charge is -2.30. The molecule has 2 atom stereocenters. The summed E-state index contributed by atoms with van der Waals surface area (Å²) in [6.45, 7) is 2.43. The Bertz CT molecular complexity index is 743. The molecule has 12 heteroatoms. The molecule has 1 fully saturated rings. The van der Waals surface area contributed by atoms with Gasteiger partial charge in [0.1, 0.15) is 0 Å². The zero-order valence-corrected chi connectivity index (χ0v) is 14.7. The predicted molar refractivity (Wildman–Crippen MR) is 86.2 cm³/mol. The number of nitrogens with zero attached hydrogens (tertiary/aromatic N) is 1. The molecular weight excluding hydrogens is 387 g/mol. The van der Waals surface area contributed by atoms with Crippen LogP contribution in [0.1, 0.15) is 25.3 Å². The van der Waals surface area contributed by atoms with Crippen molar-refractivity contribution in [1.29, 1.82) is 0 Å². The molecule has 7 nitrogen and oxygen atoms in total. The lowest BCUT2D eigenvalue weighted by Crippen LogP contribution is -2.51. The first-order valence-corrected chi connectivity index (χ1v) is 8.62. The van der Waals surface area contributed by atoms with E-state index < -0.39 is 43.3 Å². The molecule has 1 aromatic rings. The second kappa shape index (κ2) is 7.85. The highest BCUT2D eigenvalue weighted by Gasteiger charge is 2.39. The van der Waals surface area contributed by atoms with E-state index in [0.29, 0.717) is 25.5 Å². The Morgan fingerprint density at radius 1 is 1.36 bits per heavy atom. The maximum absolute atomic E-state index is 13.2. The Hall–Kier alpha value is -1.43. The smallest absolute Gasteiger partial charge is 0.313 e. The number of sulfonamides is 1. The van der Waals surface area contributed by atoms with Crippen LogP contribution in [0.5, 0.6) is 0 Å². The highest BCUT2D eigenvalue weighted by Crippen LogP contribution is 2.36. The van der Waals surface area contributed by atoms with Crippen LogP contribution >= 0.6 is 12.4 Å². The summed E-state index contributed by atoms with van der Waals surface area (Å²) in [4.78, 5) is 8.64. The van der Waals surface area contributed by atoms with Gasteiger partial charge in [-0.2, -0.15) is 13.2 Å². The number of hydrogen-bond acceptors (Lipinski definition) is 5. The molecule has 1 heterocycles. The number of halogens is 4. The Morgan fingerprint density at radius 3 is 2.52 bits per heavy atom. The van der Waals surface area contributed by atoms with Gasteiger partial charge in [0.05, 0.1) is 15.4 Å². The molecule has 1 aliphatic heterocycles. The number of nitro benzene ring substituents is 1. The number of nitrogens with one attached hydrogen (secondary N) is 2. The maximum atomic E-state index is 13.2. The standard InChI is InChI=1S/C13H16F3N3O4S.ClH/c1-8-11(3-2-6-17-8)18-24(22,23)12-5-4-9(19(20)21)7-10(12)13(14,15)16;/h4-5,7-8,11,17-18H,2-3,6H2,1H3;1H. The number of benzene rings is 1. The van der Waals surface area contributed by atoms with Crippen LogP contribution in [-0.2, 0) is 16.2 Å². The summed E-state index contributed by atoms with van der Waals surface area (Å²) in [5.41, 5.74) is -2.38. The van der Waals surface area contributed by atoms with Crippen molar-refractivity contribution in [3.63, 3.8) is 0 Å². The van der Waals surface area contributed by atoms with Gasteiger partial charge in [-0.15, -0.1) is 12.4 Å². The number of nitro groups is 1. The van der Waals surface area contributed by atoms with E-state index in [4.69, 9.17) is 0 Å². The number of hydrogen-bond donors (Lipinski definition) is 2. The molecule has 1 aliphatic rings. The first-order valence-electron chi connectivity index (χ1n) is 7.14. The summed E-state index contributed by atoms with van der Waals surface area (Å²) in [7, 11) is -4.48. The van der Waals surface area contributed by atoms with Gasteiger partial charge in [0.15, 0.2) is 0 Å². The van der Waals surface area contributed by atoms with Crippen LogP contribution in [0.4, 0.5) is 18.9 Å². The van der Waals surface area contributed by atoms with E-state index in [1.165, 1.54) is 0 Å². The van der Waals surface area contributed by atoms with Crippen molar-refractivity contribution < 1.29 is 26.5 Å². The fourth-order valence-electron chi connectivity index (χ4n) is 2.56. The highest BCUT2D eigenvalue weighted by atomic mass is 35.5. The zero-order valence-electron chi connectivity index (χ0n) is 13.0. The van der Waals surface area contributed by atoms with E-state index in [-0.39, 0.29) is 24.5 Å². The summed E-state index contributed by atoms with van der Waals surface area (Å²) >= 11 is 0. The van der Waals surface area contributed by atoms with Crippen LogP contribution in [0.25, 0.3) is 0 Å². The third-order valence-corrected chi connectivity index (χ3v) is 5.39. The highest BCUT2D eigenvalue weighted by molar-refractivity contribution is 7.89. The molecule has 1 saturated heterocycles. The molecule has 0 bridgehead atoms. The van der Waals surface area contributed by atoms with E-state index in [1.54, 1.807) is 6.92 Å². The van der Waals surface area contributed by atoms with E-state index >= 15 is 0 Å². The van der Waals surface area contributed by atoms with Gasteiger partial charge >= 0.3 is 6.18 Å². The molecule has 2 rings (SSSR count). The third-order valence-electron chi connectivity index (χ3n) is 3.84. The summed E-state index contributed by atoms with van der Waals surface area (Å²) in [6, 6.07) is 0.800. The average molecular weight is 404 g/mol. The molecule has 0 aliphatic carbocycles. The van der Waals surface area contributed by atoms with E-state index in [9.17, 15) is 31.7 Å². The van der Waals surface area contributed by atoms with Crippen molar-refractivity contribution in [3.8, 4) is 0 Å². The number of alkyl halides is 3. The third kappa shape index (κ3) is 5.03. The lowest BCUT2D eigenvalue weighted by molar-refractivity contribution is -0.385. The van der Waals surface area contributed by atoms with Gasteiger partial charge in [0.25, 0.3) is 5.69 Å². The molecule has 2 unspecified atom stereocenters. The Balaban J connectivity index is 0.00000312. The van der Waals surface area contributed by atoms with E-state index in [1.807, 2.05) is 0 Å². The predicted octanol–water partition coefficient (Wildman–Crippen LogP) is 2.45. The summed E-state index contributed by atoms with van der Waals surface area (Å²) in [5, 5.41) is 13.7. The van der Waals surface area contributed by atoms with E-state index in [2.05, 4.69) is 10.0 Å². The molecule has 2 N–H and O–H groups in total. The minimum Gasteiger partial charge on any atom is -0.313 e. The first kappa shape index (κ1) is 21.6. The maximum Gasteiger partial charge on any atom is 0.417 e. The quantitative estimate of drug-likeness (QED) is 0.594. The van der Waals surface area contributed by atoms with Crippen LogP contribution in [0, 0.1) is 10.1 Å². The molecule has 0 aromatic heterocycles. The molecule has 25 heavy (non-hydrogen) atoms. The summed E-state index contributed by atoms with van der Waals surface area (Å²) in [6.07, 6.45) is -3.86. The fraction of sp³-hybridized carbons (Fsp3) is 0.538. The minimum atomic E-state index is -5.04. The van der Waals surface area contributed by atoms with Gasteiger partial charge in [-0.25, -0.2) is 13.1 Å². The molecule has 1 aromatic carbocycles. The molecule has 0 spiro atoms. The van der Waals surface area contributed by atoms with E-state index in [0.717, 1.165) is 6.07 Å². The number of rotatable bonds is 4. The second-order valence-electron chi connectivity index (χ2n) is 5.55. The Morgan fingerprint density at radius 2 is 2.00 bits per heavy atom. The molecule has 0 radical (unpaired) electrons. The van der Waals surface area contributed by atoms with Crippen LogP contribution in [0.15, 0.2) is 23.1 Å². The van der Waals surface area contributed by atoms with Crippen molar-refractivity contribution >= 4 is 28.1 Å². The SMILES string of the molecule is CC1NCCCC1NS(=O)(=O)c1ccc([N+](=O)[O-])cc1C(F)(F)F.Cl. The number of non-ortho nitro benzene ring substituents is 1. The van der Waals surface area contributed by atoms with Crippen molar-refractivity contribution in [2.75, 3.05) is 6.54 Å². The minimum absolute atomic E-state index is 0. The largest absolute Gasteiger partial charge is 0.417 e. The lowest BCUT2D eigenvalue weighted by atomic mass is 10.0. The van der Waals surface area contributed by atoms with Crippen LogP contribution in [-0.4, -0.2) is 32.0 Å². The zero-order chi connectivity index (χ0) is 18.1. The summed E-state index contributed by atoms with van der Waals surface area (Å²) < 4.78 is 66.5. The topological polar surface area (TPSA) is 101 Å². The van der Waals surface area contributed by atoms with Gasteiger partial charge in [-0.05, 0) is 32.4 Å².